The van der Waals surface area contributed by atoms with Gasteiger partial charge in [-0.05, 0) is 126 Å². The first-order chi connectivity index (χ1) is 24.8. The molecule has 10 heteroatoms. The van der Waals surface area contributed by atoms with Gasteiger partial charge in [0.25, 0.3) is 11.8 Å². The molecule has 0 unspecified atom stereocenters. The van der Waals surface area contributed by atoms with Crippen LogP contribution in [0.5, 0.6) is 0 Å². The van der Waals surface area contributed by atoms with Gasteiger partial charge in [-0.25, -0.2) is 8.78 Å². The predicted octanol–water partition coefficient (Wildman–Crippen LogP) is 5.88. The lowest BCUT2D eigenvalue weighted by atomic mass is 9.89. The van der Waals surface area contributed by atoms with E-state index in [4.69, 9.17) is 9.73 Å². The van der Waals surface area contributed by atoms with E-state index >= 15 is 0 Å². The number of fused-ring (bicyclic) bond motifs is 2. The smallest absolute Gasteiger partial charge is 0.257 e. The van der Waals surface area contributed by atoms with Gasteiger partial charge in [0.05, 0.1) is 6.54 Å². The van der Waals surface area contributed by atoms with Gasteiger partial charge in [-0.15, -0.1) is 0 Å². The highest BCUT2D eigenvalue weighted by Crippen LogP contribution is 2.34. The Morgan fingerprint density at radius 2 is 1.67 bits per heavy atom. The van der Waals surface area contributed by atoms with Crippen molar-refractivity contribution in [2.75, 3.05) is 51.3 Å². The lowest BCUT2D eigenvalue weighted by Gasteiger charge is -2.34. The number of likely N-dealkylation sites (N-methyl/N-ethyl adjacent to an activating group) is 1. The maximum absolute atomic E-state index is 14.3. The van der Waals surface area contributed by atoms with Crippen LogP contribution in [0.4, 0.5) is 14.5 Å². The van der Waals surface area contributed by atoms with Gasteiger partial charge in [0.1, 0.15) is 17.5 Å². The molecule has 4 aromatic carbocycles. The number of benzene rings is 4. The molecule has 0 radical (unpaired) electrons. The maximum atomic E-state index is 14.3. The lowest BCUT2D eigenvalue weighted by molar-refractivity contribution is 0.0664. The van der Waals surface area contributed by atoms with Crippen LogP contribution in [0.15, 0.2) is 71.7 Å². The summed E-state index contributed by atoms with van der Waals surface area (Å²) in [5.41, 5.74) is 9.01. The molecule has 0 saturated carbocycles. The molecule has 8 rings (SSSR count). The van der Waals surface area contributed by atoms with Crippen LogP contribution in [0.1, 0.15) is 66.9 Å². The number of carbonyl (C=O) groups is 2. The number of hydrogen-bond donors (Lipinski definition) is 2. The van der Waals surface area contributed by atoms with E-state index in [2.05, 4.69) is 39.6 Å². The van der Waals surface area contributed by atoms with Gasteiger partial charge in [0, 0.05) is 74.4 Å². The number of carbonyl (C=O) groups excluding carboxylic acids is 2. The largest absolute Gasteiger partial charge is 0.381 e. The minimum atomic E-state index is -0.647. The summed E-state index contributed by atoms with van der Waals surface area (Å²) in [6, 6.07) is 19.5. The number of amides is 2. The average molecular weight is 690 g/mol. The summed E-state index contributed by atoms with van der Waals surface area (Å²) in [7, 11) is 2.14. The summed E-state index contributed by atoms with van der Waals surface area (Å²) >= 11 is 0. The van der Waals surface area contributed by atoms with Gasteiger partial charge in [0.2, 0.25) is 0 Å². The summed E-state index contributed by atoms with van der Waals surface area (Å²) in [5, 5.41) is 6.00. The first-order valence-electron chi connectivity index (χ1n) is 17.8. The first-order valence-corrected chi connectivity index (χ1v) is 17.8. The zero-order valence-electron chi connectivity index (χ0n) is 28.7. The summed E-state index contributed by atoms with van der Waals surface area (Å²) in [6.45, 7) is 6.21. The van der Waals surface area contributed by atoms with E-state index in [0.717, 1.165) is 109 Å². The molecular weight excluding hydrogens is 648 g/mol. The van der Waals surface area contributed by atoms with Crippen molar-refractivity contribution in [3.8, 4) is 11.1 Å². The van der Waals surface area contributed by atoms with E-state index in [1.807, 2.05) is 36.4 Å². The molecule has 4 aliphatic rings. The molecule has 2 fully saturated rings. The number of aliphatic imine (C=N–C) groups is 1. The van der Waals surface area contributed by atoms with Crippen LogP contribution in [-0.2, 0) is 30.7 Å². The fourth-order valence-corrected chi connectivity index (χ4v) is 7.79. The van der Waals surface area contributed by atoms with Gasteiger partial charge in [-0.1, -0.05) is 12.1 Å². The standard InChI is InChI=1S/C41H41F2N5O3/c1-47-8-10-48(11-9-47)34-4-5-35(29(18-34)14-25-6-12-51-13-7-25)41(50)46-39-37-20-30(15-26-16-32(42)22-33(43)17-26)36(21-31(37)24-44-39)27-2-3-28-23-45-40(49)38(28)19-27/h2-5,16-22,25H,6-15,23-24H2,1H3,(H,45,49)(H,44,46,50). The third-order valence-electron chi connectivity index (χ3n) is 10.7. The van der Waals surface area contributed by atoms with E-state index in [9.17, 15) is 18.4 Å². The van der Waals surface area contributed by atoms with Crippen LogP contribution >= 0.6 is 0 Å². The van der Waals surface area contributed by atoms with Crippen molar-refractivity contribution < 1.29 is 23.1 Å². The monoisotopic (exact) mass is 689 g/mol. The second-order valence-corrected chi connectivity index (χ2v) is 14.2. The van der Waals surface area contributed by atoms with Crippen molar-refractivity contribution in [3.05, 3.63) is 123 Å². The second-order valence-electron chi connectivity index (χ2n) is 14.2. The topological polar surface area (TPSA) is 86.3 Å². The zero-order chi connectivity index (χ0) is 35.1. The van der Waals surface area contributed by atoms with Gasteiger partial charge in [0.15, 0.2) is 0 Å². The normalized spacial score (nSPS) is 17.6. The Kier molecular flexibility index (Phi) is 9.12. The number of anilines is 1. The molecule has 262 valence electrons. The summed E-state index contributed by atoms with van der Waals surface area (Å²) in [4.78, 5) is 36.1. The summed E-state index contributed by atoms with van der Waals surface area (Å²) in [6.07, 6.45) is 2.97. The first kappa shape index (κ1) is 33.2. The number of rotatable bonds is 7. The SMILES string of the molecule is CN1CCN(c2ccc(C(=O)NC3=NCc4cc(-c5ccc6c(c5)C(=O)NC6)c(Cc5cc(F)cc(F)c5)cc43)c(CC3CCOCC3)c2)CC1. The Balaban J connectivity index is 1.11. The van der Waals surface area contributed by atoms with E-state index in [0.29, 0.717) is 41.5 Å². The van der Waals surface area contributed by atoms with E-state index in [1.165, 1.54) is 12.1 Å². The van der Waals surface area contributed by atoms with Gasteiger partial charge >= 0.3 is 0 Å². The van der Waals surface area contributed by atoms with Crippen LogP contribution < -0.4 is 15.5 Å². The van der Waals surface area contributed by atoms with Crippen molar-refractivity contribution in [2.45, 2.75) is 38.8 Å². The van der Waals surface area contributed by atoms with Crippen molar-refractivity contribution in [3.63, 3.8) is 0 Å². The maximum Gasteiger partial charge on any atom is 0.257 e. The van der Waals surface area contributed by atoms with Crippen LogP contribution in [0, 0.1) is 17.6 Å². The molecule has 0 bridgehead atoms. The number of nitrogens with zero attached hydrogens (tertiary/aromatic N) is 3. The number of halogens is 2. The Morgan fingerprint density at radius 3 is 2.45 bits per heavy atom. The third kappa shape index (κ3) is 7.03. The minimum absolute atomic E-state index is 0.122. The fraction of sp³-hybridized carbons (Fsp3) is 0.341. The second kappa shape index (κ2) is 14.0. The molecule has 4 aliphatic heterocycles. The molecule has 8 nitrogen and oxygen atoms in total. The van der Waals surface area contributed by atoms with Gasteiger partial charge in [-0.3, -0.25) is 14.6 Å². The molecule has 2 saturated heterocycles. The Hall–Kier alpha value is -4.93. The number of nitrogens with one attached hydrogen (secondary N) is 2. The Morgan fingerprint density at radius 1 is 0.882 bits per heavy atom. The Labute approximate surface area is 296 Å². The average Bonchev–Trinajstić information content (AvgIpc) is 3.69. The summed E-state index contributed by atoms with van der Waals surface area (Å²) in [5.74, 6) is -0.713. The van der Waals surface area contributed by atoms with Crippen LogP contribution in [-0.4, -0.2) is 69.0 Å². The molecule has 4 aromatic rings. The highest BCUT2D eigenvalue weighted by Gasteiger charge is 2.26. The molecule has 2 N–H and O–H groups in total. The van der Waals surface area contributed by atoms with Crippen molar-refractivity contribution in [1.82, 2.24) is 15.5 Å². The molecular formula is C41H41F2N5O3. The van der Waals surface area contributed by atoms with Crippen LogP contribution in [0.25, 0.3) is 11.1 Å². The van der Waals surface area contributed by atoms with Crippen molar-refractivity contribution in [2.24, 2.45) is 10.9 Å². The fourth-order valence-electron chi connectivity index (χ4n) is 7.79. The molecule has 0 aliphatic carbocycles. The van der Waals surface area contributed by atoms with Crippen molar-refractivity contribution >= 4 is 23.3 Å². The quantitative estimate of drug-likeness (QED) is 0.254. The molecule has 0 aromatic heterocycles. The van der Waals surface area contributed by atoms with Crippen LogP contribution in [0.3, 0.4) is 0 Å². The number of piperazine rings is 1. The molecule has 0 atom stereocenters. The molecule has 2 amide bonds. The molecule has 4 heterocycles. The number of amidine groups is 1. The lowest BCUT2D eigenvalue weighted by Crippen LogP contribution is -2.44. The van der Waals surface area contributed by atoms with Gasteiger partial charge in [-0.2, -0.15) is 0 Å². The number of ether oxygens (including phenoxy) is 1. The summed E-state index contributed by atoms with van der Waals surface area (Å²) < 4.78 is 34.2. The third-order valence-corrected chi connectivity index (χ3v) is 10.7. The van der Waals surface area contributed by atoms with E-state index < -0.39 is 11.6 Å². The molecule has 0 spiro atoms. The van der Waals surface area contributed by atoms with Crippen molar-refractivity contribution in [1.29, 1.82) is 0 Å². The van der Waals surface area contributed by atoms with E-state index in [-0.39, 0.29) is 18.2 Å². The highest BCUT2D eigenvalue weighted by molar-refractivity contribution is 6.15. The highest BCUT2D eigenvalue weighted by atomic mass is 19.1. The van der Waals surface area contributed by atoms with E-state index in [1.54, 1.807) is 0 Å². The zero-order valence-corrected chi connectivity index (χ0v) is 28.7. The van der Waals surface area contributed by atoms with Crippen LogP contribution in [0.2, 0.25) is 0 Å². The molecule has 51 heavy (non-hydrogen) atoms. The minimum Gasteiger partial charge on any atom is -0.381 e. The number of hydrogen-bond acceptors (Lipinski definition) is 6. The Bertz CT molecular complexity index is 2030. The van der Waals surface area contributed by atoms with Gasteiger partial charge < -0.3 is 25.2 Å². The predicted molar refractivity (Wildman–Crippen MR) is 193 cm³/mol.